The van der Waals surface area contributed by atoms with Crippen LogP contribution in [0.2, 0.25) is 0 Å². The molecule has 2 heteroatoms. The molecule has 12 heavy (non-hydrogen) atoms. The summed E-state index contributed by atoms with van der Waals surface area (Å²) in [6, 6.07) is 0.860. The topological polar surface area (TPSA) is 29.3 Å². The molecule has 2 bridgehead atoms. The van der Waals surface area contributed by atoms with E-state index in [0.29, 0.717) is 6.54 Å². The highest BCUT2D eigenvalue weighted by molar-refractivity contribution is 5.03. The first-order chi connectivity index (χ1) is 5.79. The van der Waals surface area contributed by atoms with E-state index in [1.165, 1.54) is 31.4 Å². The number of fused-ring (bicyclic) bond motifs is 2. The van der Waals surface area contributed by atoms with Gasteiger partial charge in [-0.05, 0) is 30.8 Å². The van der Waals surface area contributed by atoms with E-state index in [0.717, 1.165) is 18.5 Å². The normalized spacial score (nSPS) is 34.4. The lowest BCUT2D eigenvalue weighted by molar-refractivity contribution is 0.230. The number of hydrogen-bond acceptors (Lipinski definition) is 2. The zero-order valence-corrected chi connectivity index (χ0v) is 7.63. The van der Waals surface area contributed by atoms with E-state index in [9.17, 15) is 0 Å². The summed E-state index contributed by atoms with van der Waals surface area (Å²) in [6.07, 6.45) is 4.29. The molecule has 2 fully saturated rings. The summed E-state index contributed by atoms with van der Waals surface area (Å²) in [7, 11) is 0. The van der Waals surface area contributed by atoms with E-state index in [-0.39, 0.29) is 0 Å². The molecule has 1 aliphatic heterocycles. The fourth-order valence-electron chi connectivity index (χ4n) is 2.57. The predicted molar refractivity (Wildman–Crippen MR) is 50.9 cm³/mol. The van der Waals surface area contributed by atoms with Crippen LogP contribution in [0.25, 0.3) is 0 Å². The fourth-order valence-corrected chi connectivity index (χ4v) is 2.57. The molecule has 2 nitrogen and oxygen atoms in total. The van der Waals surface area contributed by atoms with Crippen LogP contribution in [0.4, 0.5) is 0 Å². The molecule has 2 rings (SSSR count). The van der Waals surface area contributed by atoms with Crippen molar-refractivity contribution in [2.75, 3.05) is 19.6 Å². The second-order valence-electron chi connectivity index (χ2n) is 4.22. The number of piperidine rings is 1. The summed E-state index contributed by atoms with van der Waals surface area (Å²) in [5.74, 6) is 0.987. The third-order valence-electron chi connectivity index (χ3n) is 3.24. The van der Waals surface area contributed by atoms with Crippen molar-refractivity contribution in [3.63, 3.8) is 0 Å². The van der Waals surface area contributed by atoms with Gasteiger partial charge in [-0.1, -0.05) is 6.58 Å². The van der Waals surface area contributed by atoms with Crippen molar-refractivity contribution < 1.29 is 0 Å². The molecule has 0 aromatic heterocycles. The zero-order valence-electron chi connectivity index (χ0n) is 7.63. The molecule has 1 saturated heterocycles. The van der Waals surface area contributed by atoms with Crippen LogP contribution < -0.4 is 5.73 Å². The van der Waals surface area contributed by atoms with Crippen LogP contribution in [0.15, 0.2) is 12.2 Å². The summed E-state index contributed by atoms with van der Waals surface area (Å²) < 4.78 is 0. The van der Waals surface area contributed by atoms with Gasteiger partial charge in [-0.25, -0.2) is 0 Å². The Morgan fingerprint density at radius 2 is 2.33 bits per heavy atom. The molecule has 2 N–H and O–H groups in total. The van der Waals surface area contributed by atoms with Gasteiger partial charge in [0.1, 0.15) is 0 Å². The summed E-state index contributed by atoms with van der Waals surface area (Å²) in [5, 5.41) is 0. The molecule has 0 aromatic rings. The molecule has 0 radical (unpaired) electrons. The Balaban J connectivity index is 1.86. The molecule has 1 heterocycles. The fraction of sp³-hybridized carbons (Fsp3) is 0.800. The van der Waals surface area contributed by atoms with Crippen molar-refractivity contribution in [3.05, 3.63) is 12.2 Å². The molecule has 2 atom stereocenters. The summed E-state index contributed by atoms with van der Waals surface area (Å²) in [4.78, 5) is 2.56. The lowest BCUT2D eigenvalue weighted by Gasteiger charge is -2.27. The minimum atomic E-state index is 0.647. The first-order valence-electron chi connectivity index (χ1n) is 4.90. The second kappa shape index (κ2) is 3.19. The third-order valence-corrected chi connectivity index (χ3v) is 3.24. The lowest BCUT2D eigenvalue weighted by atomic mass is 10.1. The lowest BCUT2D eigenvalue weighted by Crippen LogP contribution is -2.34. The predicted octanol–water partition coefficient (Wildman–Crippen LogP) is 0.986. The molecule has 2 unspecified atom stereocenters. The molecule has 68 valence electrons. The van der Waals surface area contributed by atoms with Crippen LogP contribution in [-0.2, 0) is 0 Å². The minimum absolute atomic E-state index is 0.647. The van der Waals surface area contributed by atoms with Crippen LogP contribution in [0.1, 0.15) is 19.3 Å². The van der Waals surface area contributed by atoms with Gasteiger partial charge in [0.25, 0.3) is 0 Å². The smallest absolute Gasteiger partial charge is 0.0205 e. The number of likely N-dealkylation sites (tertiary alicyclic amines) is 1. The van der Waals surface area contributed by atoms with Gasteiger partial charge < -0.3 is 5.73 Å². The summed E-state index contributed by atoms with van der Waals surface area (Å²) in [6.45, 7) is 6.93. The Morgan fingerprint density at radius 1 is 1.50 bits per heavy atom. The van der Waals surface area contributed by atoms with E-state index >= 15 is 0 Å². The number of nitrogens with zero attached hydrogens (tertiary/aromatic N) is 1. The maximum absolute atomic E-state index is 5.52. The van der Waals surface area contributed by atoms with E-state index in [1.54, 1.807) is 0 Å². The highest BCUT2D eigenvalue weighted by Crippen LogP contribution is 2.37. The molecular weight excluding hydrogens is 148 g/mol. The molecule has 1 saturated carbocycles. The first-order valence-corrected chi connectivity index (χ1v) is 4.90. The van der Waals surface area contributed by atoms with Crippen molar-refractivity contribution in [2.24, 2.45) is 11.7 Å². The van der Waals surface area contributed by atoms with E-state index in [4.69, 9.17) is 5.73 Å². The Kier molecular flexibility index (Phi) is 2.20. The molecule has 0 aromatic carbocycles. The Labute approximate surface area is 74.4 Å². The SMILES string of the molecule is C=C(CN)CN1CC2CCC1C2. The Morgan fingerprint density at radius 3 is 2.83 bits per heavy atom. The Bertz CT molecular complexity index is 188. The van der Waals surface area contributed by atoms with Gasteiger partial charge in [0.2, 0.25) is 0 Å². The van der Waals surface area contributed by atoms with Gasteiger partial charge in [0.05, 0.1) is 0 Å². The van der Waals surface area contributed by atoms with Crippen molar-refractivity contribution in [3.8, 4) is 0 Å². The van der Waals surface area contributed by atoms with Gasteiger partial charge >= 0.3 is 0 Å². The van der Waals surface area contributed by atoms with E-state index in [2.05, 4.69) is 11.5 Å². The van der Waals surface area contributed by atoms with Gasteiger partial charge in [-0.15, -0.1) is 0 Å². The monoisotopic (exact) mass is 166 g/mol. The van der Waals surface area contributed by atoms with Crippen LogP contribution in [0, 0.1) is 5.92 Å². The summed E-state index contributed by atoms with van der Waals surface area (Å²) in [5.41, 5.74) is 6.70. The van der Waals surface area contributed by atoms with Gasteiger partial charge in [-0.2, -0.15) is 0 Å². The Hall–Kier alpha value is -0.340. The zero-order chi connectivity index (χ0) is 8.55. The maximum Gasteiger partial charge on any atom is 0.0205 e. The van der Waals surface area contributed by atoms with Crippen LogP contribution in [-0.4, -0.2) is 30.6 Å². The van der Waals surface area contributed by atoms with Crippen LogP contribution >= 0.6 is 0 Å². The molecule has 1 aliphatic carbocycles. The standard InChI is InChI=1S/C10H18N2/c1-8(5-11)6-12-7-9-2-3-10(12)4-9/h9-10H,1-7,11H2. The minimum Gasteiger partial charge on any atom is -0.327 e. The van der Waals surface area contributed by atoms with Gasteiger partial charge in [-0.3, -0.25) is 4.90 Å². The van der Waals surface area contributed by atoms with Crippen molar-refractivity contribution in [1.29, 1.82) is 0 Å². The van der Waals surface area contributed by atoms with Crippen LogP contribution in [0.5, 0.6) is 0 Å². The first kappa shape index (κ1) is 8.27. The number of nitrogens with two attached hydrogens (primary N) is 1. The molecule has 2 aliphatic rings. The molecular formula is C10H18N2. The molecule has 0 spiro atoms. The van der Waals surface area contributed by atoms with Crippen molar-refractivity contribution >= 4 is 0 Å². The number of rotatable bonds is 3. The molecule has 0 amide bonds. The van der Waals surface area contributed by atoms with Crippen molar-refractivity contribution in [2.45, 2.75) is 25.3 Å². The number of hydrogen-bond donors (Lipinski definition) is 1. The van der Waals surface area contributed by atoms with Gasteiger partial charge in [0, 0.05) is 25.7 Å². The van der Waals surface area contributed by atoms with Crippen molar-refractivity contribution in [1.82, 2.24) is 4.90 Å². The quantitative estimate of drug-likeness (QED) is 0.633. The third kappa shape index (κ3) is 1.41. The highest BCUT2D eigenvalue weighted by atomic mass is 15.2. The van der Waals surface area contributed by atoms with Crippen LogP contribution in [0.3, 0.4) is 0 Å². The van der Waals surface area contributed by atoms with E-state index in [1.807, 2.05) is 0 Å². The highest BCUT2D eigenvalue weighted by Gasteiger charge is 2.37. The average molecular weight is 166 g/mol. The average Bonchev–Trinajstić information content (AvgIpc) is 2.64. The second-order valence-corrected chi connectivity index (χ2v) is 4.22. The largest absolute Gasteiger partial charge is 0.327 e. The summed E-state index contributed by atoms with van der Waals surface area (Å²) >= 11 is 0. The van der Waals surface area contributed by atoms with Gasteiger partial charge in [0.15, 0.2) is 0 Å². The van der Waals surface area contributed by atoms with E-state index < -0.39 is 0 Å². The maximum atomic E-state index is 5.52.